The van der Waals surface area contributed by atoms with Crippen LogP contribution in [0.5, 0.6) is 0 Å². The summed E-state index contributed by atoms with van der Waals surface area (Å²) in [6.45, 7) is 0.752. The number of carbonyl (C=O) groups is 1. The van der Waals surface area contributed by atoms with Gasteiger partial charge < -0.3 is 10.3 Å². The molecule has 1 amide bonds. The number of hydrogen-bond donors (Lipinski definition) is 3. The van der Waals surface area contributed by atoms with Crippen molar-refractivity contribution in [2.24, 2.45) is 17.8 Å². The molecule has 23 heavy (non-hydrogen) atoms. The maximum atomic E-state index is 12.3. The van der Waals surface area contributed by atoms with E-state index >= 15 is 0 Å². The summed E-state index contributed by atoms with van der Waals surface area (Å²) in [5.41, 5.74) is 1.22. The SMILES string of the molecule is O=C(NC[C@@H]1C[C@H]1C1CCCCC1)c1cnc2[nH]c(=O)[nH]c2c1. The number of nitrogens with zero attached hydrogens (tertiary/aromatic N) is 1. The summed E-state index contributed by atoms with van der Waals surface area (Å²) >= 11 is 0. The summed E-state index contributed by atoms with van der Waals surface area (Å²) < 4.78 is 0. The van der Waals surface area contributed by atoms with Crippen molar-refractivity contribution in [3.05, 3.63) is 28.3 Å². The molecular weight excluding hydrogens is 292 g/mol. The van der Waals surface area contributed by atoms with Crippen LogP contribution in [-0.2, 0) is 0 Å². The number of H-pyrrole nitrogens is 2. The maximum absolute atomic E-state index is 12.3. The highest BCUT2D eigenvalue weighted by Gasteiger charge is 2.42. The Morgan fingerprint density at radius 3 is 2.91 bits per heavy atom. The third kappa shape index (κ3) is 3.02. The molecule has 2 heterocycles. The van der Waals surface area contributed by atoms with Crippen LogP contribution >= 0.6 is 0 Å². The van der Waals surface area contributed by atoms with Gasteiger partial charge in [0.15, 0.2) is 5.65 Å². The molecule has 2 aromatic rings. The molecule has 0 aromatic carbocycles. The van der Waals surface area contributed by atoms with Crippen LogP contribution in [0, 0.1) is 17.8 Å². The Hall–Kier alpha value is -2.11. The van der Waals surface area contributed by atoms with Gasteiger partial charge in [0.1, 0.15) is 0 Å². The Labute approximate surface area is 134 Å². The zero-order valence-electron chi connectivity index (χ0n) is 13.1. The predicted molar refractivity (Wildman–Crippen MR) is 87.2 cm³/mol. The lowest BCUT2D eigenvalue weighted by atomic mass is 9.85. The minimum atomic E-state index is -0.307. The van der Waals surface area contributed by atoms with Gasteiger partial charge in [-0.3, -0.25) is 9.78 Å². The van der Waals surface area contributed by atoms with Gasteiger partial charge in [0.05, 0.1) is 11.1 Å². The average Bonchev–Trinajstić information content (AvgIpc) is 3.25. The highest BCUT2D eigenvalue weighted by Crippen LogP contribution is 2.48. The predicted octanol–water partition coefficient (Wildman–Crippen LogP) is 2.20. The van der Waals surface area contributed by atoms with Gasteiger partial charge in [0.2, 0.25) is 0 Å². The smallest absolute Gasteiger partial charge is 0.325 e. The summed E-state index contributed by atoms with van der Waals surface area (Å²) in [6, 6.07) is 1.67. The van der Waals surface area contributed by atoms with E-state index in [1.165, 1.54) is 44.7 Å². The molecule has 122 valence electrons. The Bertz CT molecular complexity index is 772. The lowest BCUT2D eigenvalue weighted by Crippen LogP contribution is -2.26. The monoisotopic (exact) mass is 314 g/mol. The van der Waals surface area contributed by atoms with E-state index in [0.29, 0.717) is 22.6 Å². The molecule has 6 heteroatoms. The van der Waals surface area contributed by atoms with Crippen LogP contribution in [0.4, 0.5) is 0 Å². The second kappa shape index (κ2) is 5.83. The van der Waals surface area contributed by atoms with E-state index in [4.69, 9.17) is 0 Å². The first kappa shape index (κ1) is 14.5. The van der Waals surface area contributed by atoms with Crippen LogP contribution in [0.2, 0.25) is 0 Å². The van der Waals surface area contributed by atoms with Crippen LogP contribution in [0.25, 0.3) is 11.2 Å². The summed E-state index contributed by atoms with van der Waals surface area (Å²) in [5.74, 6) is 2.23. The summed E-state index contributed by atoms with van der Waals surface area (Å²) in [7, 11) is 0. The van der Waals surface area contributed by atoms with Gasteiger partial charge in [-0.05, 0) is 30.2 Å². The molecule has 0 aliphatic heterocycles. The second-order valence-electron chi connectivity index (χ2n) is 6.97. The fourth-order valence-electron chi connectivity index (χ4n) is 4.02. The molecule has 6 nitrogen and oxygen atoms in total. The lowest BCUT2D eigenvalue weighted by Gasteiger charge is -2.21. The molecule has 0 radical (unpaired) electrons. The maximum Gasteiger partial charge on any atom is 0.325 e. The van der Waals surface area contributed by atoms with Crippen LogP contribution < -0.4 is 11.0 Å². The third-order valence-electron chi connectivity index (χ3n) is 5.39. The number of amides is 1. The quantitative estimate of drug-likeness (QED) is 0.808. The van der Waals surface area contributed by atoms with E-state index in [-0.39, 0.29) is 11.6 Å². The average molecular weight is 314 g/mol. The summed E-state index contributed by atoms with van der Waals surface area (Å²) in [4.78, 5) is 32.8. The van der Waals surface area contributed by atoms with E-state index < -0.39 is 0 Å². The van der Waals surface area contributed by atoms with Gasteiger partial charge >= 0.3 is 5.69 Å². The van der Waals surface area contributed by atoms with Gasteiger partial charge in [-0.1, -0.05) is 32.1 Å². The van der Waals surface area contributed by atoms with Gasteiger partial charge in [0.25, 0.3) is 5.91 Å². The zero-order valence-corrected chi connectivity index (χ0v) is 13.1. The molecule has 0 unspecified atom stereocenters. The molecule has 2 aliphatic rings. The molecule has 2 saturated carbocycles. The zero-order chi connectivity index (χ0) is 15.8. The van der Waals surface area contributed by atoms with Crippen LogP contribution in [-0.4, -0.2) is 27.4 Å². The van der Waals surface area contributed by atoms with Gasteiger partial charge in [-0.25, -0.2) is 9.78 Å². The summed E-state index contributed by atoms with van der Waals surface area (Å²) in [6.07, 6.45) is 9.65. The van der Waals surface area contributed by atoms with Gasteiger partial charge in [-0.15, -0.1) is 0 Å². The molecular formula is C17H22N4O2. The van der Waals surface area contributed by atoms with Crippen molar-refractivity contribution >= 4 is 17.1 Å². The summed E-state index contributed by atoms with van der Waals surface area (Å²) in [5, 5.41) is 3.02. The van der Waals surface area contributed by atoms with E-state index in [1.54, 1.807) is 6.07 Å². The number of aromatic amines is 2. The van der Waals surface area contributed by atoms with E-state index in [2.05, 4.69) is 20.3 Å². The fraction of sp³-hybridized carbons (Fsp3) is 0.588. The molecule has 0 bridgehead atoms. The number of hydrogen-bond acceptors (Lipinski definition) is 3. The first-order valence-corrected chi connectivity index (χ1v) is 8.57. The molecule has 4 rings (SSSR count). The van der Waals surface area contributed by atoms with E-state index in [0.717, 1.165) is 18.4 Å². The molecule has 2 aromatic heterocycles. The fourth-order valence-corrected chi connectivity index (χ4v) is 4.02. The normalized spacial score (nSPS) is 24.7. The Balaban J connectivity index is 1.33. The topological polar surface area (TPSA) is 90.6 Å². The highest BCUT2D eigenvalue weighted by atomic mass is 16.2. The van der Waals surface area contributed by atoms with E-state index in [9.17, 15) is 9.59 Å². The van der Waals surface area contributed by atoms with Crippen molar-refractivity contribution in [1.29, 1.82) is 0 Å². The number of carbonyl (C=O) groups excluding carboxylic acids is 1. The lowest BCUT2D eigenvalue weighted by molar-refractivity contribution is 0.0950. The Kier molecular flexibility index (Phi) is 3.67. The van der Waals surface area contributed by atoms with Crippen LogP contribution in [0.3, 0.4) is 0 Å². The first-order valence-electron chi connectivity index (χ1n) is 8.57. The molecule has 2 fully saturated rings. The number of fused-ring (bicyclic) bond motifs is 1. The number of imidazole rings is 1. The largest absolute Gasteiger partial charge is 0.352 e. The minimum absolute atomic E-state index is 0.115. The van der Waals surface area contributed by atoms with Gasteiger partial charge in [0, 0.05) is 12.7 Å². The third-order valence-corrected chi connectivity index (χ3v) is 5.39. The standard InChI is InChI=1S/C17H22N4O2/c22-16(12-7-14-15(18-9-12)21-17(23)20-14)19-8-11-6-13(11)10-4-2-1-3-5-10/h7,9-11,13H,1-6,8H2,(H,19,22)(H2,18,20,21,23)/t11-,13-/m0/s1. The molecule has 0 spiro atoms. The van der Waals surface area contributed by atoms with Crippen LogP contribution in [0.1, 0.15) is 48.9 Å². The van der Waals surface area contributed by atoms with Crippen molar-refractivity contribution in [3.8, 4) is 0 Å². The Morgan fingerprint density at radius 1 is 1.26 bits per heavy atom. The van der Waals surface area contributed by atoms with Crippen molar-refractivity contribution in [2.75, 3.05) is 6.54 Å². The molecule has 0 saturated heterocycles. The minimum Gasteiger partial charge on any atom is -0.352 e. The molecule has 3 N–H and O–H groups in total. The number of nitrogens with one attached hydrogen (secondary N) is 3. The van der Waals surface area contributed by atoms with Gasteiger partial charge in [-0.2, -0.15) is 0 Å². The second-order valence-corrected chi connectivity index (χ2v) is 6.97. The molecule has 2 atom stereocenters. The Morgan fingerprint density at radius 2 is 2.09 bits per heavy atom. The number of aromatic nitrogens is 3. The molecule has 2 aliphatic carbocycles. The number of rotatable bonds is 4. The van der Waals surface area contributed by atoms with E-state index in [1.807, 2.05) is 0 Å². The first-order chi connectivity index (χ1) is 11.2. The highest BCUT2D eigenvalue weighted by molar-refractivity contribution is 5.96. The number of pyridine rings is 1. The van der Waals surface area contributed by atoms with Crippen molar-refractivity contribution in [3.63, 3.8) is 0 Å². The van der Waals surface area contributed by atoms with Crippen molar-refractivity contribution < 1.29 is 4.79 Å². The van der Waals surface area contributed by atoms with Crippen molar-refractivity contribution in [1.82, 2.24) is 20.3 Å². The van der Waals surface area contributed by atoms with Crippen molar-refractivity contribution in [2.45, 2.75) is 38.5 Å². The van der Waals surface area contributed by atoms with Crippen LogP contribution in [0.15, 0.2) is 17.1 Å².